The van der Waals surface area contributed by atoms with Gasteiger partial charge in [-0.2, -0.15) is 5.10 Å². The predicted molar refractivity (Wildman–Crippen MR) is 96.4 cm³/mol. The molecule has 0 spiro atoms. The molecule has 2 amide bonds. The summed E-state index contributed by atoms with van der Waals surface area (Å²) in [5.74, 6) is -1.32. The number of benzene rings is 1. The number of amides is 2. The average molecular weight is 347 g/mol. The molecule has 0 aliphatic carbocycles. The number of ether oxygens (including phenoxy) is 1. The lowest BCUT2D eigenvalue weighted by Crippen LogP contribution is -2.27. The molecule has 1 aromatic rings. The first-order chi connectivity index (χ1) is 11.9. The number of carbonyl (C=O) groups is 3. The van der Waals surface area contributed by atoms with Crippen LogP contribution >= 0.6 is 0 Å². The lowest BCUT2D eigenvalue weighted by atomic mass is 10.0. The fraction of sp³-hybridized carbons (Fsp3) is 0.444. The Morgan fingerprint density at radius 3 is 2.28 bits per heavy atom. The van der Waals surface area contributed by atoms with Gasteiger partial charge in [0.1, 0.15) is 0 Å². The number of carbonyl (C=O) groups excluding carboxylic acids is 3. The SMILES string of the molecule is CCOC(=O)[C@H](CC)C(C)=NNC(=O)c1ccc(NC(=O)CC)cc1. The Hall–Kier alpha value is -2.70. The molecule has 0 aliphatic rings. The largest absolute Gasteiger partial charge is 0.465 e. The highest BCUT2D eigenvalue weighted by Gasteiger charge is 2.21. The van der Waals surface area contributed by atoms with Crippen LogP contribution in [0.5, 0.6) is 0 Å². The lowest BCUT2D eigenvalue weighted by molar-refractivity contribution is -0.145. The van der Waals surface area contributed by atoms with E-state index < -0.39 is 11.8 Å². The third kappa shape index (κ3) is 6.37. The Morgan fingerprint density at radius 1 is 1.12 bits per heavy atom. The molecule has 0 saturated heterocycles. The van der Waals surface area contributed by atoms with Gasteiger partial charge in [0.25, 0.3) is 5.91 Å². The molecule has 0 radical (unpaired) electrons. The highest BCUT2D eigenvalue weighted by molar-refractivity contribution is 6.02. The van der Waals surface area contributed by atoms with Crippen LogP contribution in [0.15, 0.2) is 29.4 Å². The average Bonchev–Trinajstić information content (AvgIpc) is 2.61. The first kappa shape index (κ1) is 20.3. The fourth-order valence-corrected chi connectivity index (χ4v) is 2.11. The summed E-state index contributed by atoms with van der Waals surface area (Å²) >= 11 is 0. The Morgan fingerprint density at radius 2 is 1.76 bits per heavy atom. The van der Waals surface area contributed by atoms with Crippen LogP contribution in [0.3, 0.4) is 0 Å². The normalized spacial score (nSPS) is 12.2. The number of hydrogen-bond acceptors (Lipinski definition) is 5. The predicted octanol–water partition coefficient (Wildman–Crippen LogP) is 2.73. The van der Waals surface area contributed by atoms with Crippen molar-refractivity contribution in [2.75, 3.05) is 11.9 Å². The van der Waals surface area contributed by atoms with Gasteiger partial charge in [-0.3, -0.25) is 14.4 Å². The van der Waals surface area contributed by atoms with Gasteiger partial charge in [-0.15, -0.1) is 0 Å². The van der Waals surface area contributed by atoms with E-state index >= 15 is 0 Å². The molecule has 2 N–H and O–H groups in total. The topological polar surface area (TPSA) is 96.9 Å². The van der Waals surface area contributed by atoms with Crippen LogP contribution in [-0.4, -0.2) is 30.1 Å². The zero-order valence-corrected chi connectivity index (χ0v) is 15.1. The molecule has 0 bridgehead atoms. The molecule has 0 fully saturated rings. The Kier molecular flexibility index (Phi) is 8.32. The number of hydrogen-bond donors (Lipinski definition) is 2. The van der Waals surface area contributed by atoms with Crippen LogP contribution in [0.1, 0.15) is 50.9 Å². The number of esters is 1. The third-order valence-corrected chi connectivity index (χ3v) is 3.57. The summed E-state index contributed by atoms with van der Waals surface area (Å²) in [7, 11) is 0. The van der Waals surface area contributed by atoms with Crippen molar-refractivity contribution in [2.45, 2.75) is 40.5 Å². The first-order valence-corrected chi connectivity index (χ1v) is 8.33. The Labute approximate surface area is 147 Å². The van der Waals surface area contributed by atoms with Gasteiger partial charge in [0.2, 0.25) is 5.91 Å². The van der Waals surface area contributed by atoms with E-state index in [0.29, 0.717) is 36.4 Å². The smallest absolute Gasteiger partial charge is 0.314 e. The van der Waals surface area contributed by atoms with E-state index in [-0.39, 0.29) is 11.9 Å². The van der Waals surface area contributed by atoms with Gasteiger partial charge in [-0.1, -0.05) is 13.8 Å². The zero-order chi connectivity index (χ0) is 18.8. The molecule has 1 rings (SSSR count). The fourth-order valence-electron chi connectivity index (χ4n) is 2.11. The Balaban J connectivity index is 2.71. The molecular weight excluding hydrogens is 322 g/mol. The van der Waals surface area contributed by atoms with Crippen LogP contribution in [0, 0.1) is 5.92 Å². The highest BCUT2D eigenvalue weighted by Crippen LogP contribution is 2.11. The summed E-state index contributed by atoms with van der Waals surface area (Å²) in [6.45, 7) is 7.33. The van der Waals surface area contributed by atoms with Gasteiger partial charge in [0, 0.05) is 23.4 Å². The second-order valence-corrected chi connectivity index (χ2v) is 5.39. The lowest BCUT2D eigenvalue weighted by Gasteiger charge is -2.13. The van der Waals surface area contributed by atoms with Gasteiger partial charge in [-0.25, -0.2) is 5.43 Å². The van der Waals surface area contributed by atoms with E-state index in [1.807, 2.05) is 6.92 Å². The highest BCUT2D eigenvalue weighted by atomic mass is 16.5. The molecule has 25 heavy (non-hydrogen) atoms. The monoisotopic (exact) mass is 347 g/mol. The van der Waals surface area contributed by atoms with Crippen molar-refractivity contribution in [3.63, 3.8) is 0 Å². The van der Waals surface area contributed by atoms with E-state index in [1.54, 1.807) is 45.0 Å². The molecule has 136 valence electrons. The maximum Gasteiger partial charge on any atom is 0.314 e. The number of nitrogens with one attached hydrogen (secondary N) is 2. The summed E-state index contributed by atoms with van der Waals surface area (Å²) < 4.78 is 4.99. The molecule has 7 heteroatoms. The molecule has 1 atom stereocenters. The van der Waals surface area contributed by atoms with Crippen molar-refractivity contribution in [3.05, 3.63) is 29.8 Å². The molecule has 0 aliphatic heterocycles. The minimum absolute atomic E-state index is 0.0954. The van der Waals surface area contributed by atoms with E-state index in [4.69, 9.17) is 4.74 Å². The van der Waals surface area contributed by atoms with Gasteiger partial charge in [-0.05, 0) is 44.5 Å². The maximum atomic E-state index is 12.1. The zero-order valence-electron chi connectivity index (χ0n) is 15.1. The molecule has 1 aromatic carbocycles. The minimum Gasteiger partial charge on any atom is -0.465 e. The van der Waals surface area contributed by atoms with Crippen molar-refractivity contribution >= 4 is 29.2 Å². The second-order valence-electron chi connectivity index (χ2n) is 5.39. The molecule has 0 heterocycles. The molecule has 0 aromatic heterocycles. The molecule has 0 unspecified atom stereocenters. The van der Waals surface area contributed by atoms with Gasteiger partial charge >= 0.3 is 5.97 Å². The van der Waals surface area contributed by atoms with Crippen LogP contribution < -0.4 is 10.7 Å². The third-order valence-electron chi connectivity index (χ3n) is 3.57. The summed E-state index contributed by atoms with van der Waals surface area (Å²) in [5.41, 5.74) is 3.94. The second kappa shape index (κ2) is 10.2. The van der Waals surface area contributed by atoms with Crippen LogP contribution in [0.25, 0.3) is 0 Å². The molecule has 0 saturated carbocycles. The standard InChI is InChI=1S/C18H25N3O4/c1-5-15(18(24)25-7-3)12(4)20-21-17(23)13-8-10-14(11-9-13)19-16(22)6-2/h8-11,15H,5-7H2,1-4H3,(H,19,22)(H,21,23)/t15-/m1/s1. The Bertz CT molecular complexity index is 638. The van der Waals surface area contributed by atoms with Crippen molar-refractivity contribution in [1.82, 2.24) is 5.43 Å². The van der Waals surface area contributed by atoms with Crippen LogP contribution in [-0.2, 0) is 14.3 Å². The van der Waals surface area contributed by atoms with Crippen molar-refractivity contribution in [2.24, 2.45) is 11.0 Å². The van der Waals surface area contributed by atoms with E-state index in [0.717, 1.165) is 0 Å². The van der Waals surface area contributed by atoms with E-state index in [9.17, 15) is 14.4 Å². The molecule has 7 nitrogen and oxygen atoms in total. The van der Waals surface area contributed by atoms with Gasteiger partial charge < -0.3 is 10.1 Å². The number of nitrogens with zero attached hydrogens (tertiary/aromatic N) is 1. The van der Waals surface area contributed by atoms with Crippen molar-refractivity contribution in [1.29, 1.82) is 0 Å². The summed E-state index contributed by atoms with van der Waals surface area (Å²) in [5, 5.41) is 6.71. The summed E-state index contributed by atoms with van der Waals surface area (Å²) in [6.07, 6.45) is 0.922. The number of hydrazone groups is 1. The first-order valence-electron chi connectivity index (χ1n) is 8.33. The molecular formula is C18H25N3O4. The summed E-state index contributed by atoms with van der Waals surface area (Å²) in [4.78, 5) is 35.3. The number of anilines is 1. The quantitative estimate of drug-likeness (QED) is 0.429. The van der Waals surface area contributed by atoms with E-state index in [2.05, 4.69) is 15.8 Å². The van der Waals surface area contributed by atoms with Gasteiger partial charge in [0.05, 0.1) is 12.5 Å². The summed E-state index contributed by atoms with van der Waals surface area (Å²) in [6, 6.07) is 6.47. The number of rotatable bonds is 8. The van der Waals surface area contributed by atoms with Gasteiger partial charge in [0.15, 0.2) is 0 Å². The minimum atomic E-state index is -0.480. The van der Waals surface area contributed by atoms with Crippen LogP contribution in [0.2, 0.25) is 0 Å². The van der Waals surface area contributed by atoms with Crippen LogP contribution in [0.4, 0.5) is 5.69 Å². The maximum absolute atomic E-state index is 12.1. The van der Waals surface area contributed by atoms with Crippen molar-refractivity contribution in [3.8, 4) is 0 Å². The van der Waals surface area contributed by atoms with E-state index in [1.165, 1.54) is 0 Å². The van der Waals surface area contributed by atoms with Crippen molar-refractivity contribution < 1.29 is 19.1 Å².